The Labute approximate surface area is 126 Å². The number of rotatable bonds is 3. The van der Waals surface area contributed by atoms with Crippen LogP contribution in [0.3, 0.4) is 0 Å². The van der Waals surface area contributed by atoms with Crippen LogP contribution in [0.25, 0.3) is 5.65 Å². The SMILES string of the molecule is Cc1ccc(Oc2nc3ccccn3c2CBr)c(C)c1. The molecule has 0 N–H and O–H groups in total. The van der Waals surface area contributed by atoms with E-state index in [9.17, 15) is 0 Å². The van der Waals surface area contributed by atoms with Crippen molar-refractivity contribution in [1.82, 2.24) is 9.38 Å². The summed E-state index contributed by atoms with van der Waals surface area (Å²) >= 11 is 3.51. The number of aromatic nitrogens is 2. The zero-order chi connectivity index (χ0) is 14.1. The minimum atomic E-state index is 0.653. The van der Waals surface area contributed by atoms with Crippen molar-refractivity contribution in [3.63, 3.8) is 0 Å². The Morgan fingerprint density at radius 1 is 1.20 bits per heavy atom. The van der Waals surface area contributed by atoms with Crippen LogP contribution in [0.15, 0.2) is 42.6 Å². The summed E-state index contributed by atoms with van der Waals surface area (Å²) in [7, 11) is 0. The number of pyridine rings is 1. The molecule has 0 atom stereocenters. The molecule has 4 heteroatoms. The van der Waals surface area contributed by atoms with Gasteiger partial charge in [-0.2, -0.15) is 4.98 Å². The maximum Gasteiger partial charge on any atom is 0.242 e. The molecule has 3 rings (SSSR count). The maximum absolute atomic E-state index is 6.01. The number of nitrogens with zero attached hydrogens (tertiary/aromatic N) is 2. The van der Waals surface area contributed by atoms with E-state index >= 15 is 0 Å². The highest BCUT2D eigenvalue weighted by Gasteiger charge is 2.13. The third-order valence-electron chi connectivity index (χ3n) is 3.26. The molecule has 0 aliphatic rings. The third-order valence-corrected chi connectivity index (χ3v) is 3.79. The Bertz CT molecular complexity index is 764. The summed E-state index contributed by atoms with van der Waals surface area (Å²) in [5.74, 6) is 1.50. The zero-order valence-corrected chi connectivity index (χ0v) is 13.0. The normalized spacial score (nSPS) is 10.9. The molecule has 0 radical (unpaired) electrons. The Morgan fingerprint density at radius 2 is 2.05 bits per heavy atom. The highest BCUT2D eigenvalue weighted by molar-refractivity contribution is 9.08. The van der Waals surface area contributed by atoms with Crippen LogP contribution in [-0.2, 0) is 5.33 Å². The van der Waals surface area contributed by atoms with E-state index in [0.717, 1.165) is 22.7 Å². The molecular weight excluding hydrogens is 316 g/mol. The lowest BCUT2D eigenvalue weighted by Gasteiger charge is -2.08. The summed E-state index contributed by atoms with van der Waals surface area (Å²) in [6.45, 7) is 4.12. The molecule has 2 heterocycles. The summed E-state index contributed by atoms with van der Waals surface area (Å²) < 4.78 is 8.04. The predicted molar refractivity (Wildman–Crippen MR) is 83.8 cm³/mol. The smallest absolute Gasteiger partial charge is 0.242 e. The quantitative estimate of drug-likeness (QED) is 0.654. The van der Waals surface area contributed by atoms with Crippen LogP contribution in [0.5, 0.6) is 11.6 Å². The monoisotopic (exact) mass is 330 g/mol. The van der Waals surface area contributed by atoms with Gasteiger partial charge >= 0.3 is 0 Å². The Morgan fingerprint density at radius 3 is 2.80 bits per heavy atom. The van der Waals surface area contributed by atoms with Crippen LogP contribution < -0.4 is 4.74 Å². The fourth-order valence-electron chi connectivity index (χ4n) is 2.25. The first-order chi connectivity index (χ1) is 9.69. The van der Waals surface area contributed by atoms with Crippen molar-refractivity contribution in [2.75, 3.05) is 0 Å². The van der Waals surface area contributed by atoms with Crippen molar-refractivity contribution in [1.29, 1.82) is 0 Å². The largest absolute Gasteiger partial charge is 0.437 e. The molecule has 0 aliphatic carbocycles. The molecule has 3 nitrogen and oxygen atoms in total. The first kappa shape index (κ1) is 13.2. The van der Waals surface area contributed by atoms with Gasteiger partial charge in [0.15, 0.2) is 0 Å². The minimum absolute atomic E-state index is 0.653. The standard InChI is InChI=1S/C16H15BrN2O/c1-11-6-7-14(12(2)9-11)20-16-13(10-17)19-8-4-3-5-15(19)18-16/h3-9H,10H2,1-2H3. The zero-order valence-electron chi connectivity index (χ0n) is 11.4. The highest BCUT2D eigenvalue weighted by Crippen LogP contribution is 2.29. The van der Waals surface area contributed by atoms with Crippen molar-refractivity contribution >= 4 is 21.6 Å². The van der Waals surface area contributed by atoms with Crippen molar-refractivity contribution in [3.05, 3.63) is 59.4 Å². The summed E-state index contributed by atoms with van der Waals surface area (Å²) in [4.78, 5) is 4.55. The lowest BCUT2D eigenvalue weighted by molar-refractivity contribution is 0.458. The van der Waals surface area contributed by atoms with E-state index in [4.69, 9.17) is 4.74 Å². The van der Waals surface area contributed by atoms with E-state index in [2.05, 4.69) is 33.9 Å². The number of hydrogen-bond acceptors (Lipinski definition) is 2. The molecule has 0 saturated heterocycles. The Kier molecular flexibility index (Phi) is 3.49. The number of hydrogen-bond donors (Lipinski definition) is 0. The summed E-state index contributed by atoms with van der Waals surface area (Å²) in [5.41, 5.74) is 4.25. The lowest BCUT2D eigenvalue weighted by atomic mass is 10.1. The second-order valence-electron chi connectivity index (χ2n) is 4.80. The molecule has 1 aromatic carbocycles. The molecule has 20 heavy (non-hydrogen) atoms. The predicted octanol–water partition coefficient (Wildman–Crippen LogP) is 4.64. The van der Waals surface area contributed by atoms with Crippen molar-refractivity contribution in [3.8, 4) is 11.6 Å². The third kappa shape index (κ3) is 2.31. The Hall–Kier alpha value is -1.81. The van der Waals surface area contributed by atoms with Gasteiger partial charge in [-0.05, 0) is 37.6 Å². The molecule has 0 spiro atoms. The molecule has 3 aromatic rings. The number of alkyl halides is 1. The van der Waals surface area contributed by atoms with Gasteiger partial charge in [0.1, 0.15) is 11.4 Å². The average molecular weight is 331 g/mol. The van der Waals surface area contributed by atoms with Crippen LogP contribution in [0, 0.1) is 13.8 Å². The van der Waals surface area contributed by atoms with Crippen molar-refractivity contribution < 1.29 is 4.74 Å². The maximum atomic E-state index is 6.01. The minimum Gasteiger partial charge on any atom is -0.437 e. The van der Waals surface area contributed by atoms with Gasteiger partial charge in [-0.1, -0.05) is 39.7 Å². The second-order valence-corrected chi connectivity index (χ2v) is 5.36. The molecule has 0 saturated carbocycles. The van der Waals surface area contributed by atoms with Gasteiger partial charge in [0.2, 0.25) is 5.88 Å². The lowest BCUT2D eigenvalue weighted by Crippen LogP contribution is -1.93. The fraction of sp³-hybridized carbons (Fsp3) is 0.188. The van der Waals surface area contributed by atoms with E-state index in [0.29, 0.717) is 11.2 Å². The molecule has 0 bridgehead atoms. The molecule has 0 aliphatic heterocycles. The number of benzene rings is 1. The fourth-order valence-corrected chi connectivity index (χ4v) is 2.76. The van der Waals surface area contributed by atoms with Crippen LogP contribution >= 0.6 is 15.9 Å². The summed E-state index contributed by atoms with van der Waals surface area (Å²) in [6.07, 6.45) is 1.99. The number of fused-ring (bicyclic) bond motifs is 1. The van der Waals surface area contributed by atoms with Crippen molar-refractivity contribution in [2.24, 2.45) is 0 Å². The molecule has 102 valence electrons. The van der Waals surface area contributed by atoms with Crippen molar-refractivity contribution in [2.45, 2.75) is 19.2 Å². The molecular formula is C16H15BrN2O. The van der Waals surface area contributed by atoms with Gasteiger partial charge in [0.25, 0.3) is 0 Å². The first-order valence-corrected chi connectivity index (χ1v) is 7.58. The summed E-state index contributed by atoms with van der Waals surface area (Å²) in [5, 5.41) is 0.693. The molecule has 0 fully saturated rings. The number of halogens is 1. The first-order valence-electron chi connectivity index (χ1n) is 6.46. The van der Waals surface area contributed by atoms with Gasteiger partial charge < -0.3 is 4.74 Å². The van der Waals surface area contributed by atoms with Gasteiger partial charge in [-0.15, -0.1) is 0 Å². The van der Waals surface area contributed by atoms with Gasteiger partial charge in [-0.3, -0.25) is 4.40 Å². The van der Waals surface area contributed by atoms with E-state index in [-0.39, 0.29) is 0 Å². The molecule has 0 unspecified atom stereocenters. The van der Waals surface area contributed by atoms with Crippen LogP contribution in [0.2, 0.25) is 0 Å². The molecule has 0 amide bonds. The molecule has 2 aromatic heterocycles. The van der Waals surface area contributed by atoms with E-state index in [1.165, 1.54) is 5.56 Å². The number of aryl methyl sites for hydroxylation is 2. The summed E-state index contributed by atoms with van der Waals surface area (Å²) in [6, 6.07) is 12.1. The van der Waals surface area contributed by atoms with Crippen LogP contribution in [0.1, 0.15) is 16.8 Å². The van der Waals surface area contributed by atoms with Gasteiger partial charge in [0.05, 0.1) is 5.69 Å². The van der Waals surface area contributed by atoms with Crippen LogP contribution in [-0.4, -0.2) is 9.38 Å². The average Bonchev–Trinajstić information content (AvgIpc) is 2.79. The van der Waals surface area contributed by atoms with Crippen LogP contribution in [0.4, 0.5) is 0 Å². The Balaban J connectivity index is 2.06. The number of ether oxygens (including phenoxy) is 1. The van der Waals surface area contributed by atoms with Gasteiger partial charge in [-0.25, -0.2) is 0 Å². The number of imidazole rings is 1. The topological polar surface area (TPSA) is 26.5 Å². The van der Waals surface area contributed by atoms with E-state index in [1.54, 1.807) is 0 Å². The van der Waals surface area contributed by atoms with Gasteiger partial charge in [0, 0.05) is 11.5 Å². The highest BCUT2D eigenvalue weighted by atomic mass is 79.9. The van der Waals surface area contributed by atoms with E-state index in [1.807, 2.05) is 47.9 Å². The second kappa shape index (κ2) is 5.29. The van der Waals surface area contributed by atoms with E-state index < -0.39 is 0 Å².